The van der Waals surface area contributed by atoms with Crippen molar-refractivity contribution in [1.82, 2.24) is 9.55 Å². The molecule has 1 aromatic heterocycles. The number of carbonyl (C=O) groups excluding carboxylic acids is 1. The molecule has 0 aliphatic rings. The van der Waals surface area contributed by atoms with Gasteiger partial charge in [-0.2, -0.15) is 0 Å². The van der Waals surface area contributed by atoms with Gasteiger partial charge in [0.2, 0.25) is 5.95 Å². The Morgan fingerprint density at radius 3 is 2.29 bits per heavy atom. The van der Waals surface area contributed by atoms with E-state index in [2.05, 4.69) is 10.3 Å². The predicted octanol–water partition coefficient (Wildman–Crippen LogP) is 5.09. The summed E-state index contributed by atoms with van der Waals surface area (Å²) in [6, 6.07) is 18.9. The lowest BCUT2D eigenvalue weighted by Gasteiger charge is -2.15. The number of anilines is 1. The van der Waals surface area contributed by atoms with E-state index in [-0.39, 0.29) is 5.56 Å². The van der Waals surface area contributed by atoms with Crippen LogP contribution < -0.4 is 10.9 Å². The molecule has 0 fully saturated rings. The van der Waals surface area contributed by atoms with Crippen molar-refractivity contribution in [3.63, 3.8) is 0 Å². The van der Waals surface area contributed by atoms with Gasteiger partial charge < -0.3 is 10.1 Å². The monoisotopic (exact) mass is 453 g/mol. The van der Waals surface area contributed by atoms with Gasteiger partial charge in [-0.25, -0.2) is 14.3 Å². The topological polar surface area (TPSA) is 73.2 Å². The first-order valence-corrected chi connectivity index (χ1v) is 10.1. The normalized spacial score (nSPS) is 10.8. The summed E-state index contributed by atoms with van der Waals surface area (Å²) >= 11 is 12.0. The average molecular weight is 454 g/mol. The van der Waals surface area contributed by atoms with Crippen molar-refractivity contribution in [2.45, 2.75) is 6.54 Å². The summed E-state index contributed by atoms with van der Waals surface area (Å²) in [7, 11) is 1.30. The Hall–Kier alpha value is -3.35. The van der Waals surface area contributed by atoms with Crippen molar-refractivity contribution >= 4 is 46.0 Å². The molecule has 0 saturated carbocycles. The lowest BCUT2D eigenvalue weighted by molar-refractivity contribution is 0.0601. The molecule has 1 N–H and O–H groups in total. The molecule has 6 nitrogen and oxygen atoms in total. The fourth-order valence-electron chi connectivity index (χ4n) is 3.16. The Balaban J connectivity index is 1.85. The number of hydrogen-bond acceptors (Lipinski definition) is 5. The zero-order chi connectivity index (χ0) is 22.0. The summed E-state index contributed by atoms with van der Waals surface area (Å²) in [5.41, 5.74) is 2.00. The molecule has 4 aromatic rings. The van der Waals surface area contributed by atoms with Crippen LogP contribution in [0.15, 0.2) is 71.5 Å². The highest BCUT2D eigenvalue weighted by atomic mass is 35.5. The van der Waals surface area contributed by atoms with Crippen LogP contribution >= 0.6 is 23.2 Å². The molecule has 8 heteroatoms. The van der Waals surface area contributed by atoms with Crippen molar-refractivity contribution in [3.8, 4) is 5.69 Å². The third-order valence-electron chi connectivity index (χ3n) is 4.74. The van der Waals surface area contributed by atoms with E-state index in [9.17, 15) is 9.59 Å². The molecule has 0 spiro atoms. The van der Waals surface area contributed by atoms with Gasteiger partial charge in [0.25, 0.3) is 5.56 Å². The Morgan fingerprint density at radius 1 is 1.00 bits per heavy atom. The molecule has 0 atom stereocenters. The van der Waals surface area contributed by atoms with Gasteiger partial charge in [-0.1, -0.05) is 35.3 Å². The summed E-state index contributed by atoms with van der Waals surface area (Å²) in [6.07, 6.45) is 0. The molecule has 0 amide bonds. The second kappa shape index (κ2) is 8.79. The number of esters is 1. The van der Waals surface area contributed by atoms with Crippen LogP contribution in [0.3, 0.4) is 0 Å². The Morgan fingerprint density at radius 2 is 1.65 bits per heavy atom. The van der Waals surface area contributed by atoms with E-state index in [4.69, 9.17) is 27.9 Å². The fourth-order valence-corrected chi connectivity index (χ4v) is 3.41. The van der Waals surface area contributed by atoms with E-state index in [1.54, 1.807) is 54.6 Å². The van der Waals surface area contributed by atoms with Crippen LogP contribution in [0.4, 0.5) is 5.95 Å². The van der Waals surface area contributed by atoms with Crippen molar-refractivity contribution in [1.29, 1.82) is 0 Å². The lowest BCUT2D eigenvalue weighted by atomic mass is 10.1. The first kappa shape index (κ1) is 20.9. The maximum Gasteiger partial charge on any atom is 0.337 e. The predicted molar refractivity (Wildman–Crippen MR) is 122 cm³/mol. The summed E-state index contributed by atoms with van der Waals surface area (Å²) < 4.78 is 6.25. The van der Waals surface area contributed by atoms with Crippen LogP contribution in [-0.4, -0.2) is 22.6 Å². The second-order valence-corrected chi connectivity index (χ2v) is 7.63. The van der Waals surface area contributed by atoms with Gasteiger partial charge in [-0.15, -0.1) is 0 Å². The second-order valence-electron chi connectivity index (χ2n) is 6.76. The minimum Gasteiger partial charge on any atom is -0.465 e. The van der Waals surface area contributed by atoms with Gasteiger partial charge in [0.1, 0.15) is 0 Å². The smallest absolute Gasteiger partial charge is 0.337 e. The lowest BCUT2D eigenvalue weighted by Crippen LogP contribution is -2.24. The quantitative estimate of drug-likeness (QED) is 0.426. The van der Waals surface area contributed by atoms with Crippen molar-refractivity contribution in [2.75, 3.05) is 12.4 Å². The van der Waals surface area contributed by atoms with E-state index >= 15 is 0 Å². The highest BCUT2D eigenvalue weighted by molar-refractivity contribution is 6.30. The van der Waals surface area contributed by atoms with E-state index < -0.39 is 5.97 Å². The van der Waals surface area contributed by atoms with E-state index in [1.165, 1.54) is 11.7 Å². The third kappa shape index (κ3) is 4.40. The number of methoxy groups -OCH3 is 1. The van der Waals surface area contributed by atoms with Gasteiger partial charge in [-0.05, 0) is 60.2 Å². The minimum atomic E-state index is -0.499. The SMILES string of the molecule is COC(=O)c1ccc2c(=O)n(-c3ccc(Cl)cc3)c(NCc3ccc(Cl)cc3)nc2c1. The molecule has 0 radical (unpaired) electrons. The molecular weight excluding hydrogens is 437 g/mol. The number of benzene rings is 3. The van der Waals surface area contributed by atoms with Crippen LogP contribution in [0.25, 0.3) is 16.6 Å². The van der Waals surface area contributed by atoms with Gasteiger partial charge in [-0.3, -0.25) is 4.79 Å². The van der Waals surface area contributed by atoms with Gasteiger partial charge in [0.05, 0.1) is 29.3 Å². The maximum atomic E-state index is 13.4. The summed E-state index contributed by atoms with van der Waals surface area (Å²) in [4.78, 5) is 29.9. The number of fused-ring (bicyclic) bond motifs is 1. The molecule has 31 heavy (non-hydrogen) atoms. The highest BCUT2D eigenvalue weighted by Gasteiger charge is 2.15. The van der Waals surface area contributed by atoms with Crippen LogP contribution in [0, 0.1) is 0 Å². The number of nitrogens with zero attached hydrogens (tertiary/aromatic N) is 2. The molecule has 4 rings (SSSR count). The van der Waals surface area contributed by atoms with Crippen LogP contribution in [0.5, 0.6) is 0 Å². The fraction of sp³-hybridized carbons (Fsp3) is 0.0870. The molecule has 0 saturated heterocycles. The first-order valence-electron chi connectivity index (χ1n) is 9.35. The molecule has 3 aromatic carbocycles. The van der Waals surface area contributed by atoms with Crippen molar-refractivity contribution in [3.05, 3.63) is 98.3 Å². The molecular formula is C23H17Cl2N3O3. The number of halogens is 2. The van der Waals surface area contributed by atoms with Crippen molar-refractivity contribution in [2.24, 2.45) is 0 Å². The number of rotatable bonds is 5. The molecule has 0 unspecified atom stereocenters. The first-order chi connectivity index (χ1) is 15.0. The average Bonchev–Trinajstić information content (AvgIpc) is 2.79. The van der Waals surface area contributed by atoms with Gasteiger partial charge >= 0.3 is 5.97 Å². The standard InChI is InChI=1S/C23H17Cl2N3O3/c1-31-22(30)15-4-11-19-20(12-15)27-23(26-13-14-2-5-16(24)6-3-14)28(21(19)29)18-9-7-17(25)8-10-18/h2-12H,13H2,1H3,(H,26,27). The highest BCUT2D eigenvalue weighted by Crippen LogP contribution is 2.20. The Labute approximate surface area is 188 Å². The van der Waals surface area contributed by atoms with E-state index in [0.717, 1.165) is 5.56 Å². The van der Waals surface area contributed by atoms with Gasteiger partial charge in [0, 0.05) is 16.6 Å². The number of hydrogen-bond donors (Lipinski definition) is 1. The maximum absolute atomic E-state index is 13.4. The van der Waals surface area contributed by atoms with Crippen LogP contribution in [-0.2, 0) is 11.3 Å². The number of nitrogens with one attached hydrogen (secondary N) is 1. The zero-order valence-electron chi connectivity index (χ0n) is 16.4. The molecule has 0 aliphatic carbocycles. The Bertz CT molecular complexity index is 1320. The van der Waals surface area contributed by atoms with Crippen LogP contribution in [0.2, 0.25) is 10.0 Å². The van der Waals surface area contributed by atoms with Gasteiger partial charge in [0.15, 0.2) is 0 Å². The largest absolute Gasteiger partial charge is 0.465 e. The summed E-state index contributed by atoms with van der Waals surface area (Å²) in [6.45, 7) is 0.416. The number of aromatic nitrogens is 2. The summed E-state index contributed by atoms with van der Waals surface area (Å²) in [5.74, 6) is -0.168. The number of carbonyl (C=O) groups is 1. The number of ether oxygens (including phenoxy) is 1. The molecule has 0 bridgehead atoms. The molecule has 1 heterocycles. The van der Waals surface area contributed by atoms with Crippen LogP contribution in [0.1, 0.15) is 15.9 Å². The minimum absolute atomic E-state index is 0.276. The van der Waals surface area contributed by atoms with Crippen molar-refractivity contribution < 1.29 is 9.53 Å². The van der Waals surface area contributed by atoms with E-state index in [1.807, 2.05) is 12.1 Å². The third-order valence-corrected chi connectivity index (χ3v) is 5.24. The summed E-state index contributed by atoms with van der Waals surface area (Å²) in [5, 5.41) is 4.79. The Kier molecular flexibility index (Phi) is 5.93. The molecule has 0 aliphatic heterocycles. The zero-order valence-corrected chi connectivity index (χ0v) is 17.9. The van der Waals surface area contributed by atoms with E-state index in [0.29, 0.717) is 44.7 Å². The molecule has 156 valence electrons.